The van der Waals surface area contributed by atoms with Crippen LogP contribution in [-0.2, 0) is 5.75 Å². The van der Waals surface area contributed by atoms with Gasteiger partial charge in [0.05, 0.1) is 10.8 Å². The van der Waals surface area contributed by atoms with E-state index in [-0.39, 0.29) is 0 Å². The van der Waals surface area contributed by atoms with Gasteiger partial charge in [0.25, 0.3) is 0 Å². The molecule has 0 saturated carbocycles. The number of nitrogens with zero attached hydrogens (tertiary/aromatic N) is 2. The number of oxazole rings is 1. The predicted octanol–water partition coefficient (Wildman–Crippen LogP) is 4.17. The van der Waals surface area contributed by atoms with E-state index in [0.29, 0.717) is 16.7 Å². The molecule has 90 valence electrons. The number of pyridine rings is 1. The van der Waals surface area contributed by atoms with E-state index in [2.05, 4.69) is 9.97 Å². The molecule has 0 radical (unpaired) electrons. The average Bonchev–Trinajstić information content (AvgIpc) is 2.80. The van der Waals surface area contributed by atoms with Gasteiger partial charge < -0.3 is 4.42 Å². The molecular formula is C13H9ClN2OS. The predicted molar refractivity (Wildman–Crippen MR) is 72.8 cm³/mol. The minimum atomic E-state index is 0.616. The number of thioether (sulfide) groups is 1. The largest absolute Gasteiger partial charge is 0.440 e. The monoisotopic (exact) mass is 276 g/mol. The van der Waals surface area contributed by atoms with Crippen molar-refractivity contribution in [3.05, 3.63) is 53.5 Å². The van der Waals surface area contributed by atoms with Crippen LogP contribution in [0.1, 0.15) is 5.89 Å². The van der Waals surface area contributed by atoms with Crippen molar-refractivity contribution in [3.63, 3.8) is 0 Å². The second-order valence-corrected chi connectivity index (χ2v) is 5.03. The van der Waals surface area contributed by atoms with Crippen LogP contribution in [0.2, 0.25) is 5.02 Å². The molecule has 0 aliphatic carbocycles. The minimum absolute atomic E-state index is 0.616. The minimum Gasteiger partial charge on any atom is -0.440 e. The number of benzene rings is 1. The molecule has 0 amide bonds. The second kappa shape index (κ2) is 5.00. The Bertz CT molecular complexity index is 650. The lowest BCUT2D eigenvalue weighted by Gasteiger charge is -1.99. The van der Waals surface area contributed by atoms with E-state index >= 15 is 0 Å². The molecule has 3 aromatic rings. The van der Waals surface area contributed by atoms with Crippen molar-refractivity contribution in [2.75, 3.05) is 0 Å². The van der Waals surface area contributed by atoms with E-state index in [1.54, 1.807) is 6.20 Å². The Morgan fingerprint density at radius 1 is 1.17 bits per heavy atom. The Kier molecular flexibility index (Phi) is 3.21. The summed E-state index contributed by atoms with van der Waals surface area (Å²) in [4.78, 5) is 8.61. The van der Waals surface area contributed by atoms with Gasteiger partial charge in [-0.15, -0.1) is 0 Å². The van der Waals surface area contributed by atoms with Crippen LogP contribution < -0.4 is 0 Å². The zero-order valence-electron chi connectivity index (χ0n) is 9.34. The molecule has 18 heavy (non-hydrogen) atoms. The fourth-order valence-corrected chi connectivity index (χ4v) is 2.60. The summed E-state index contributed by atoms with van der Waals surface area (Å²) < 4.78 is 5.63. The molecule has 3 rings (SSSR count). The van der Waals surface area contributed by atoms with Crippen molar-refractivity contribution >= 4 is 34.5 Å². The Balaban J connectivity index is 1.79. The first kappa shape index (κ1) is 11.6. The molecule has 0 aliphatic rings. The van der Waals surface area contributed by atoms with Gasteiger partial charge >= 0.3 is 0 Å². The molecule has 0 unspecified atom stereocenters. The Hall–Kier alpha value is -1.52. The van der Waals surface area contributed by atoms with Gasteiger partial charge in [0, 0.05) is 6.20 Å². The van der Waals surface area contributed by atoms with Gasteiger partial charge in [-0.2, -0.15) is 0 Å². The molecule has 5 heteroatoms. The summed E-state index contributed by atoms with van der Waals surface area (Å²) >= 11 is 7.55. The van der Waals surface area contributed by atoms with Crippen LogP contribution in [-0.4, -0.2) is 9.97 Å². The van der Waals surface area contributed by atoms with Crippen molar-refractivity contribution in [1.29, 1.82) is 0 Å². The summed E-state index contributed by atoms with van der Waals surface area (Å²) in [5.74, 6) is 1.30. The molecule has 1 aromatic carbocycles. The lowest BCUT2D eigenvalue weighted by molar-refractivity contribution is 0.556. The van der Waals surface area contributed by atoms with Crippen LogP contribution >= 0.6 is 23.4 Å². The highest BCUT2D eigenvalue weighted by Crippen LogP contribution is 2.28. The quantitative estimate of drug-likeness (QED) is 0.673. The highest BCUT2D eigenvalue weighted by molar-refractivity contribution is 7.98. The standard InChI is InChI=1S/C13H9ClN2OS/c14-9-4-3-7-15-13(9)18-8-12-16-10-5-1-2-6-11(10)17-12/h1-7H,8H2. The normalized spacial score (nSPS) is 10.9. The molecule has 0 fully saturated rings. The maximum absolute atomic E-state index is 6.03. The van der Waals surface area contributed by atoms with Crippen LogP contribution in [0.25, 0.3) is 11.1 Å². The van der Waals surface area contributed by atoms with Crippen molar-refractivity contribution in [3.8, 4) is 0 Å². The number of para-hydroxylation sites is 2. The van der Waals surface area contributed by atoms with Gasteiger partial charge in [0.15, 0.2) is 5.58 Å². The average molecular weight is 277 g/mol. The van der Waals surface area contributed by atoms with Gasteiger partial charge in [0.1, 0.15) is 10.5 Å². The lowest BCUT2D eigenvalue weighted by Crippen LogP contribution is -1.83. The van der Waals surface area contributed by atoms with Crippen LogP contribution in [0.4, 0.5) is 0 Å². The fourth-order valence-electron chi connectivity index (χ4n) is 1.59. The number of fused-ring (bicyclic) bond motifs is 1. The molecule has 0 atom stereocenters. The fraction of sp³-hybridized carbons (Fsp3) is 0.0769. The Morgan fingerprint density at radius 3 is 2.89 bits per heavy atom. The molecule has 0 spiro atoms. The van der Waals surface area contributed by atoms with E-state index < -0.39 is 0 Å². The van der Waals surface area contributed by atoms with E-state index in [0.717, 1.165) is 16.1 Å². The highest BCUT2D eigenvalue weighted by Gasteiger charge is 2.07. The van der Waals surface area contributed by atoms with Crippen LogP contribution in [0.3, 0.4) is 0 Å². The molecule has 3 nitrogen and oxygen atoms in total. The van der Waals surface area contributed by atoms with E-state index in [1.807, 2.05) is 36.4 Å². The molecular weight excluding hydrogens is 268 g/mol. The smallest absolute Gasteiger partial charge is 0.205 e. The second-order valence-electron chi connectivity index (χ2n) is 3.65. The Morgan fingerprint density at radius 2 is 2.06 bits per heavy atom. The lowest BCUT2D eigenvalue weighted by atomic mass is 10.3. The first-order valence-electron chi connectivity index (χ1n) is 5.41. The third-order valence-electron chi connectivity index (χ3n) is 2.40. The maximum Gasteiger partial charge on any atom is 0.205 e. The SMILES string of the molecule is Clc1cccnc1SCc1nc2ccccc2o1. The third kappa shape index (κ3) is 2.35. The van der Waals surface area contributed by atoms with E-state index in [1.165, 1.54) is 11.8 Å². The number of aromatic nitrogens is 2. The first-order valence-corrected chi connectivity index (χ1v) is 6.77. The number of hydrogen-bond donors (Lipinski definition) is 0. The molecule has 0 N–H and O–H groups in total. The van der Waals surface area contributed by atoms with Gasteiger partial charge in [0.2, 0.25) is 5.89 Å². The van der Waals surface area contributed by atoms with Crippen molar-refractivity contribution < 1.29 is 4.42 Å². The highest BCUT2D eigenvalue weighted by atomic mass is 35.5. The van der Waals surface area contributed by atoms with Crippen LogP contribution in [0.5, 0.6) is 0 Å². The number of halogens is 1. The molecule has 2 heterocycles. The van der Waals surface area contributed by atoms with Crippen LogP contribution in [0, 0.1) is 0 Å². The van der Waals surface area contributed by atoms with E-state index in [4.69, 9.17) is 16.0 Å². The Labute approximate surface area is 113 Å². The third-order valence-corrected chi connectivity index (χ3v) is 3.80. The molecule has 0 saturated heterocycles. The summed E-state index contributed by atoms with van der Waals surface area (Å²) in [5.41, 5.74) is 1.68. The number of rotatable bonds is 3. The summed E-state index contributed by atoms with van der Waals surface area (Å²) in [6.45, 7) is 0. The van der Waals surface area contributed by atoms with Gasteiger partial charge in [-0.05, 0) is 24.3 Å². The summed E-state index contributed by atoms with van der Waals surface area (Å²) in [5, 5.41) is 1.44. The van der Waals surface area contributed by atoms with Crippen molar-refractivity contribution in [1.82, 2.24) is 9.97 Å². The summed E-state index contributed by atoms with van der Waals surface area (Å²) in [6, 6.07) is 11.3. The molecule has 2 aromatic heterocycles. The van der Waals surface area contributed by atoms with Gasteiger partial charge in [-0.3, -0.25) is 0 Å². The summed E-state index contributed by atoms with van der Waals surface area (Å²) in [6.07, 6.45) is 1.72. The zero-order chi connectivity index (χ0) is 12.4. The zero-order valence-corrected chi connectivity index (χ0v) is 10.9. The van der Waals surface area contributed by atoms with Gasteiger partial charge in [-0.1, -0.05) is 35.5 Å². The molecule has 0 aliphatic heterocycles. The van der Waals surface area contributed by atoms with Gasteiger partial charge in [-0.25, -0.2) is 9.97 Å². The first-order chi connectivity index (χ1) is 8.83. The van der Waals surface area contributed by atoms with Crippen molar-refractivity contribution in [2.24, 2.45) is 0 Å². The summed E-state index contributed by atoms with van der Waals surface area (Å²) in [7, 11) is 0. The molecule has 0 bridgehead atoms. The topological polar surface area (TPSA) is 38.9 Å². The van der Waals surface area contributed by atoms with Crippen molar-refractivity contribution in [2.45, 2.75) is 10.8 Å². The number of hydrogen-bond acceptors (Lipinski definition) is 4. The van der Waals surface area contributed by atoms with E-state index in [9.17, 15) is 0 Å². The van der Waals surface area contributed by atoms with Crippen LogP contribution in [0.15, 0.2) is 52.0 Å². The maximum atomic E-state index is 6.03.